The second-order valence-electron chi connectivity index (χ2n) is 5.63. The van der Waals surface area contributed by atoms with Crippen molar-refractivity contribution in [2.45, 2.75) is 31.7 Å². The van der Waals surface area contributed by atoms with Gasteiger partial charge in [0.15, 0.2) is 0 Å². The molecule has 2 fully saturated rings. The summed E-state index contributed by atoms with van der Waals surface area (Å²) >= 11 is 4.32. The topological polar surface area (TPSA) is 29.3 Å². The Bertz CT molecular complexity index is 273. The second kappa shape index (κ2) is 3.79. The zero-order chi connectivity index (χ0) is 11.2. The van der Waals surface area contributed by atoms with Crippen LogP contribution in [0, 0.1) is 17.8 Å². The van der Waals surface area contributed by atoms with Crippen molar-refractivity contribution in [2.24, 2.45) is 23.5 Å². The Balaban J connectivity index is 2.10. The Morgan fingerprint density at radius 2 is 2.33 bits per heavy atom. The normalized spacial score (nSPS) is 45.1. The number of nitrogens with two attached hydrogens (primary N) is 1. The zero-order valence-corrected chi connectivity index (χ0v) is 10.6. The molecule has 86 valence electrons. The van der Waals surface area contributed by atoms with E-state index in [1.165, 1.54) is 18.4 Å². The van der Waals surface area contributed by atoms with Crippen molar-refractivity contribution in [1.29, 1.82) is 0 Å². The highest BCUT2D eigenvalue weighted by molar-refractivity contribution is 7.77. The van der Waals surface area contributed by atoms with Crippen LogP contribution in [0.5, 0.6) is 0 Å². The average molecular weight is 226 g/mol. The second-order valence-corrected chi connectivity index (χ2v) is 6.31. The molecular weight excluding hydrogens is 204 g/mol. The molecule has 2 aliphatic carbocycles. The van der Waals surface area contributed by atoms with E-state index in [-0.39, 0.29) is 5.54 Å². The van der Waals surface area contributed by atoms with Gasteiger partial charge in [-0.25, -0.2) is 0 Å². The highest BCUT2D eigenvalue weighted by Gasteiger charge is 2.50. The maximum absolute atomic E-state index is 6.35. The summed E-state index contributed by atoms with van der Waals surface area (Å²) in [5.74, 6) is 1.94. The fourth-order valence-corrected chi connectivity index (χ4v) is 3.82. The van der Waals surface area contributed by atoms with Crippen molar-refractivity contribution >= 4 is 12.8 Å². The van der Waals surface area contributed by atoms with Gasteiger partial charge in [0.05, 0.1) is 0 Å². The largest absolute Gasteiger partial charge is 0.325 e. The predicted molar refractivity (Wildman–Crippen MR) is 67.7 cm³/mol. The molecule has 15 heavy (non-hydrogen) atoms. The molecule has 2 rings (SSSR count). The van der Waals surface area contributed by atoms with Gasteiger partial charge in [-0.2, -0.15) is 0 Å². The third kappa shape index (κ3) is 1.97. The van der Waals surface area contributed by atoms with E-state index in [1.54, 1.807) is 0 Å². The molecule has 3 heteroatoms. The molecule has 2 N–H and O–H groups in total. The number of fused-ring (bicyclic) bond motifs is 1. The molecule has 0 amide bonds. The van der Waals surface area contributed by atoms with Crippen LogP contribution in [-0.2, 0) is 0 Å². The van der Waals surface area contributed by atoms with Gasteiger partial charge in [0.2, 0.25) is 0 Å². The van der Waals surface area contributed by atoms with Gasteiger partial charge in [-0.15, -0.1) is 0 Å². The van der Waals surface area contributed by atoms with E-state index in [1.807, 2.05) is 11.4 Å². The highest BCUT2D eigenvalue weighted by atomic mass is 32.1. The van der Waals surface area contributed by atoms with Crippen molar-refractivity contribution in [3.05, 3.63) is 12.2 Å². The van der Waals surface area contributed by atoms with Crippen LogP contribution in [-0.4, -0.2) is 23.4 Å². The van der Waals surface area contributed by atoms with E-state index < -0.39 is 0 Å². The lowest BCUT2D eigenvalue weighted by molar-refractivity contribution is 0.363. The molecule has 0 bridgehead atoms. The first-order chi connectivity index (χ1) is 6.92. The van der Waals surface area contributed by atoms with Crippen LogP contribution in [0.1, 0.15) is 26.2 Å². The summed E-state index contributed by atoms with van der Waals surface area (Å²) in [6.45, 7) is 7.48. The Morgan fingerprint density at radius 3 is 2.87 bits per heavy atom. The molecule has 4 unspecified atom stereocenters. The van der Waals surface area contributed by atoms with E-state index in [4.69, 9.17) is 5.73 Å². The maximum atomic E-state index is 6.35. The molecule has 2 saturated carbocycles. The molecule has 0 aromatic carbocycles. The van der Waals surface area contributed by atoms with Crippen LogP contribution in [0.3, 0.4) is 0 Å². The summed E-state index contributed by atoms with van der Waals surface area (Å²) < 4.78 is 1.96. The zero-order valence-electron chi connectivity index (χ0n) is 9.74. The molecule has 2 aliphatic rings. The van der Waals surface area contributed by atoms with Gasteiger partial charge >= 0.3 is 0 Å². The molecule has 0 heterocycles. The predicted octanol–water partition coefficient (Wildman–Crippen LogP) is 2.08. The van der Waals surface area contributed by atoms with Crippen LogP contribution in [0.15, 0.2) is 12.2 Å². The smallest absolute Gasteiger partial charge is 0.0194 e. The third-order valence-corrected chi connectivity index (χ3v) is 4.39. The lowest BCUT2D eigenvalue weighted by Gasteiger charge is -2.29. The van der Waals surface area contributed by atoms with Gasteiger partial charge in [-0.05, 0) is 45.1 Å². The molecule has 4 atom stereocenters. The first-order valence-corrected chi connectivity index (χ1v) is 6.19. The first kappa shape index (κ1) is 11.5. The highest BCUT2D eigenvalue weighted by Crippen LogP contribution is 2.53. The minimum atomic E-state index is -0.00826. The quantitative estimate of drug-likeness (QED) is 0.557. The standard InChI is InChI=1S/C12H22N2S/c1-8-10(7-14(3)15)6-9-4-5-12(2,13)11(8)9/h9-11,15H,1,4-7,13H2,2-3H3. The van der Waals surface area contributed by atoms with Crippen LogP contribution >= 0.6 is 12.8 Å². The number of hydrogen-bond donors (Lipinski definition) is 2. The lowest BCUT2D eigenvalue weighted by atomic mass is 9.83. The van der Waals surface area contributed by atoms with Crippen LogP contribution in [0.25, 0.3) is 0 Å². The van der Waals surface area contributed by atoms with Crippen LogP contribution in [0.4, 0.5) is 0 Å². The van der Waals surface area contributed by atoms with Gasteiger partial charge in [0, 0.05) is 18.0 Å². The van der Waals surface area contributed by atoms with E-state index in [0.717, 1.165) is 18.9 Å². The summed E-state index contributed by atoms with van der Waals surface area (Å²) in [5.41, 5.74) is 7.72. The van der Waals surface area contributed by atoms with Crippen LogP contribution < -0.4 is 5.73 Å². The van der Waals surface area contributed by atoms with Crippen molar-refractivity contribution in [3.8, 4) is 0 Å². The fraction of sp³-hybridized carbons (Fsp3) is 0.833. The first-order valence-electron chi connectivity index (χ1n) is 5.79. The van der Waals surface area contributed by atoms with Crippen molar-refractivity contribution in [2.75, 3.05) is 13.6 Å². The van der Waals surface area contributed by atoms with E-state index in [2.05, 4.69) is 26.3 Å². The minimum Gasteiger partial charge on any atom is -0.325 e. The van der Waals surface area contributed by atoms with Crippen molar-refractivity contribution in [1.82, 2.24) is 4.31 Å². The summed E-state index contributed by atoms with van der Waals surface area (Å²) in [7, 11) is 2.01. The molecule has 0 aliphatic heterocycles. The number of hydrogen-bond acceptors (Lipinski definition) is 3. The average Bonchev–Trinajstić information content (AvgIpc) is 2.54. The molecule has 0 spiro atoms. The Morgan fingerprint density at radius 1 is 1.67 bits per heavy atom. The maximum Gasteiger partial charge on any atom is 0.0194 e. The van der Waals surface area contributed by atoms with Crippen molar-refractivity contribution < 1.29 is 0 Å². The number of thiol groups is 1. The van der Waals surface area contributed by atoms with Gasteiger partial charge in [0.25, 0.3) is 0 Å². The van der Waals surface area contributed by atoms with Crippen LogP contribution in [0.2, 0.25) is 0 Å². The lowest BCUT2D eigenvalue weighted by Crippen LogP contribution is -2.41. The summed E-state index contributed by atoms with van der Waals surface area (Å²) in [6.07, 6.45) is 3.70. The third-order valence-electron chi connectivity index (χ3n) is 4.23. The molecule has 2 nitrogen and oxygen atoms in total. The number of rotatable bonds is 2. The van der Waals surface area contributed by atoms with E-state index >= 15 is 0 Å². The van der Waals surface area contributed by atoms with Gasteiger partial charge in [0.1, 0.15) is 0 Å². The van der Waals surface area contributed by atoms with Gasteiger partial charge in [-0.3, -0.25) is 4.31 Å². The van der Waals surface area contributed by atoms with Gasteiger partial charge < -0.3 is 5.73 Å². The molecule has 0 aromatic rings. The molecular formula is C12H22N2S. The summed E-state index contributed by atoms with van der Waals surface area (Å²) in [6, 6.07) is 0. The van der Waals surface area contributed by atoms with Crippen molar-refractivity contribution in [3.63, 3.8) is 0 Å². The van der Waals surface area contributed by atoms with E-state index in [9.17, 15) is 0 Å². The monoisotopic (exact) mass is 226 g/mol. The SMILES string of the molecule is C=C1C(CN(C)S)CC2CCC(C)(N)C12. The molecule has 0 aromatic heterocycles. The molecule has 0 radical (unpaired) electrons. The minimum absolute atomic E-state index is 0.00826. The number of nitrogens with zero attached hydrogens (tertiary/aromatic N) is 1. The Labute approximate surface area is 98.4 Å². The van der Waals surface area contributed by atoms with Gasteiger partial charge in [-0.1, -0.05) is 25.0 Å². The summed E-state index contributed by atoms with van der Waals surface area (Å²) in [4.78, 5) is 0. The Kier molecular flexibility index (Phi) is 2.91. The fourth-order valence-electron chi connectivity index (χ4n) is 3.62. The Hall–Kier alpha value is 0.01000. The summed E-state index contributed by atoms with van der Waals surface area (Å²) in [5, 5.41) is 0. The molecule has 0 saturated heterocycles. The van der Waals surface area contributed by atoms with E-state index in [0.29, 0.717) is 11.8 Å².